The zero-order valence-corrected chi connectivity index (χ0v) is 16.5. The van der Waals surface area contributed by atoms with Gasteiger partial charge in [-0.1, -0.05) is 30.3 Å². The third kappa shape index (κ3) is 4.54. The van der Waals surface area contributed by atoms with Gasteiger partial charge in [0.1, 0.15) is 11.4 Å². The molecule has 0 bridgehead atoms. The van der Waals surface area contributed by atoms with Gasteiger partial charge in [-0.25, -0.2) is 4.98 Å². The molecule has 0 spiro atoms. The van der Waals surface area contributed by atoms with Gasteiger partial charge in [0.2, 0.25) is 0 Å². The molecule has 0 aliphatic rings. The van der Waals surface area contributed by atoms with E-state index in [9.17, 15) is 18.4 Å². The molecule has 0 saturated heterocycles. The van der Waals surface area contributed by atoms with Gasteiger partial charge in [-0.05, 0) is 41.5 Å². The van der Waals surface area contributed by atoms with E-state index in [1.54, 1.807) is 18.5 Å². The highest BCUT2D eigenvalue weighted by Crippen LogP contribution is 2.28. The summed E-state index contributed by atoms with van der Waals surface area (Å²) < 4.78 is 34.0. The summed E-state index contributed by atoms with van der Waals surface area (Å²) in [6, 6.07) is 15.0. The molecule has 4 rings (SSSR count). The van der Waals surface area contributed by atoms with E-state index in [0.29, 0.717) is 23.1 Å². The zero-order valence-electron chi connectivity index (χ0n) is 16.5. The summed E-state index contributed by atoms with van der Waals surface area (Å²) in [5, 5.41) is 0.595. The second-order valence-electron chi connectivity index (χ2n) is 6.72. The number of hydrogen-bond acceptors (Lipinski definition) is 5. The summed E-state index contributed by atoms with van der Waals surface area (Å²) in [6.07, 6.45) is 6.14. The maximum Gasteiger partial charge on any atom is 0.387 e. The molecule has 160 valence electrons. The van der Waals surface area contributed by atoms with E-state index in [0.717, 1.165) is 16.7 Å². The number of carbonyl (C=O) groups excluding carboxylic acids is 2. The number of aromatic nitrogens is 2. The van der Waals surface area contributed by atoms with Gasteiger partial charge in [0, 0.05) is 34.5 Å². The molecule has 1 N–H and O–H groups in total. The minimum Gasteiger partial charge on any atom is -0.437 e. The topological polar surface area (TPSA) is 81.3 Å². The van der Waals surface area contributed by atoms with Crippen LogP contribution in [0.1, 0.15) is 21.5 Å². The Morgan fingerprint density at radius 3 is 2.72 bits per heavy atom. The molecule has 0 atom stereocenters. The fourth-order valence-electron chi connectivity index (χ4n) is 3.29. The Morgan fingerprint density at radius 2 is 1.91 bits per heavy atom. The van der Waals surface area contributed by atoms with Gasteiger partial charge >= 0.3 is 6.61 Å². The first-order chi connectivity index (χ1) is 15.5. The molecule has 0 fully saturated rings. The number of hydrogen-bond donors (Lipinski definition) is 1. The van der Waals surface area contributed by atoms with Crippen molar-refractivity contribution in [1.82, 2.24) is 9.97 Å². The van der Waals surface area contributed by atoms with Crippen LogP contribution >= 0.6 is 0 Å². The maximum atomic E-state index is 13.1. The number of fused-ring (bicyclic) bond motifs is 1. The second kappa shape index (κ2) is 9.22. The van der Waals surface area contributed by atoms with Crippen LogP contribution in [0, 0.1) is 0 Å². The van der Waals surface area contributed by atoms with Gasteiger partial charge in [0.25, 0.3) is 6.47 Å². The van der Waals surface area contributed by atoms with Crippen LogP contribution in [-0.2, 0) is 9.53 Å². The minimum atomic E-state index is -2.98. The summed E-state index contributed by atoms with van der Waals surface area (Å²) in [5.41, 5.74) is 3.53. The Hall–Kier alpha value is -4.33. The lowest BCUT2D eigenvalue weighted by Gasteiger charge is -2.07. The molecule has 4 aromatic rings. The number of rotatable bonds is 8. The van der Waals surface area contributed by atoms with Crippen molar-refractivity contribution < 1.29 is 27.8 Å². The van der Waals surface area contributed by atoms with Crippen molar-refractivity contribution in [2.75, 3.05) is 0 Å². The highest BCUT2D eigenvalue weighted by molar-refractivity contribution is 6.16. The second-order valence-corrected chi connectivity index (χ2v) is 6.72. The molecule has 0 unspecified atom stereocenters. The first-order valence-electron chi connectivity index (χ1n) is 9.48. The van der Waals surface area contributed by atoms with Crippen LogP contribution in [0.15, 0.2) is 73.3 Å². The van der Waals surface area contributed by atoms with Crippen molar-refractivity contribution in [3.05, 3.63) is 89.9 Å². The Kier molecular flexibility index (Phi) is 6.03. The number of nitrogens with one attached hydrogen (secondary N) is 1. The van der Waals surface area contributed by atoms with Crippen molar-refractivity contribution in [3.8, 4) is 16.9 Å². The number of benzene rings is 2. The van der Waals surface area contributed by atoms with Gasteiger partial charge in [-0.15, -0.1) is 0 Å². The molecule has 32 heavy (non-hydrogen) atoms. The maximum absolute atomic E-state index is 13.1. The van der Waals surface area contributed by atoms with E-state index in [4.69, 9.17) is 0 Å². The van der Waals surface area contributed by atoms with E-state index in [1.165, 1.54) is 30.5 Å². The van der Waals surface area contributed by atoms with Crippen LogP contribution in [0.5, 0.6) is 5.75 Å². The van der Waals surface area contributed by atoms with E-state index >= 15 is 0 Å². The fourth-order valence-corrected chi connectivity index (χ4v) is 3.29. The lowest BCUT2D eigenvalue weighted by Crippen LogP contribution is -2.04. The summed E-state index contributed by atoms with van der Waals surface area (Å²) in [5.74, 6) is -0.439. The van der Waals surface area contributed by atoms with Crippen molar-refractivity contribution in [3.63, 3.8) is 0 Å². The van der Waals surface area contributed by atoms with Crippen molar-refractivity contribution >= 4 is 29.4 Å². The molecular weight excluding hydrogens is 418 g/mol. The number of pyridine rings is 1. The number of alkyl halides is 2. The molecule has 2 heterocycles. The van der Waals surface area contributed by atoms with E-state index < -0.39 is 6.61 Å². The van der Waals surface area contributed by atoms with Crippen LogP contribution in [0.2, 0.25) is 0 Å². The first kappa shape index (κ1) is 20.9. The van der Waals surface area contributed by atoms with E-state index in [-0.39, 0.29) is 17.1 Å². The number of nitrogens with zero attached hydrogens (tertiary/aromatic N) is 1. The van der Waals surface area contributed by atoms with Gasteiger partial charge in [0.15, 0.2) is 5.78 Å². The lowest BCUT2D eigenvalue weighted by molar-refractivity contribution is -0.123. The summed E-state index contributed by atoms with van der Waals surface area (Å²) in [4.78, 5) is 30.7. The van der Waals surface area contributed by atoms with E-state index in [1.807, 2.05) is 30.3 Å². The number of ether oxygens (including phenoxy) is 2. The quantitative estimate of drug-likeness (QED) is 0.234. The number of carbonyl (C=O) groups is 2. The van der Waals surface area contributed by atoms with Gasteiger partial charge in [0.05, 0.1) is 6.26 Å². The lowest BCUT2D eigenvalue weighted by atomic mass is 10.00. The van der Waals surface area contributed by atoms with Crippen LogP contribution < -0.4 is 4.74 Å². The Morgan fingerprint density at radius 1 is 1.06 bits per heavy atom. The van der Waals surface area contributed by atoms with Gasteiger partial charge < -0.3 is 14.5 Å². The molecule has 0 saturated carbocycles. The highest BCUT2D eigenvalue weighted by Gasteiger charge is 2.17. The molecule has 0 aliphatic carbocycles. The predicted octanol–water partition coefficient (Wildman–Crippen LogP) is 5.21. The summed E-state index contributed by atoms with van der Waals surface area (Å²) in [6.45, 7) is -2.64. The van der Waals surface area contributed by atoms with Gasteiger partial charge in [-0.3, -0.25) is 9.59 Å². The molecule has 0 radical (unpaired) electrons. The number of aromatic amines is 1. The molecule has 2 aromatic carbocycles. The fraction of sp³-hybridized carbons (Fsp3) is 0.0417. The summed E-state index contributed by atoms with van der Waals surface area (Å²) >= 11 is 0. The third-order valence-corrected chi connectivity index (χ3v) is 4.71. The molecule has 0 aliphatic heterocycles. The summed E-state index contributed by atoms with van der Waals surface area (Å²) in [7, 11) is 0. The smallest absolute Gasteiger partial charge is 0.387 e. The SMILES string of the molecule is O=CO/C=C/c1cccc(-c2cnc3[nH]cc(C(=O)c4cccc(OC(F)F)c4)c3c2)c1. The Bertz CT molecular complexity index is 1310. The Balaban J connectivity index is 1.69. The number of H-pyrrole nitrogens is 1. The highest BCUT2D eigenvalue weighted by atomic mass is 19.3. The molecule has 2 aromatic heterocycles. The zero-order chi connectivity index (χ0) is 22.5. The van der Waals surface area contributed by atoms with Gasteiger partial charge in [-0.2, -0.15) is 8.78 Å². The molecule has 6 nitrogen and oxygen atoms in total. The minimum absolute atomic E-state index is 0.0899. The van der Waals surface area contributed by atoms with Crippen molar-refractivity contribution in [2.24, 2.45) is 0 Å². The standard InChI is InChI=1S/C24H16F2N2O4/c25-24(26)32-19-6-2-5-17(10-19)22(30)21-13-28-23-20(21)11-18(12-27-23)16-4-1-3-15(9-16)7-8-31-14-29/h1-14,24H,(H,27,28)/b8-7+. The van der Waals surface area contributed by atoms with Crippen molar-refractivity contribution in [1.29, 1.82) is 0 Å². The van der Waals surface area contributed by atoms with Crippen LogP contribution in [0.25, 0.3) is 28.2 Å². The van der Waals surface area contributed by atoms with Crippen LogP contribution in [0.3, 0.4) is 0 Å². The Labute approximate surface area is 181 Å². The van der Waals surface area contributed by atoms with Crippen molar-refractivity contribution in [2.45, 2.75) is 6.61 Å². The largest absolute Gasteiger partial charge is 0.437 e. The normalized spacial score (nSPS) is 11.2. The third-order valence-electron chi connectivity index (χ3n) is 4.71. The number of ketones is 1. The molecule has 0 amide bonds. The van der Waals surface area contributed by atoms with E-state index in [2.05, 4.69) is 19.4 Å². The average molecular weight is 434 g/mol. The molecular formula is C24H16F2N2O4. The van der Waals surface area contributed by atoms with Crippen LogP contribution in [0.4, 0.5) is 8.78 Å². The first-order valence-corrected chi connectivity index (χ1v) is 9.48. The molecule has 8 heteroatoms. The number of halogens is 2. The van der Waals surface area contributed by atoms with Crippen LogP contribution in [-0.4, -0.2) is 28.8 Å². The monoisotopic (exact) mass is 434 g/mol. The average Bonchev–Trinajstić information content (AvgIpc) is 3.22. The predicted molar refractivity (Wildman–Crippen MR) is 114 cm³/mol.